The van der Waals surface area contributed by atoms with Crippen molar-refractivity contribution in [1.82, 2.24) is 14.5 Å². The van der Waals surface area contributed by atoms with Gasteiger partial charge in [-0.25, -0.2) is 0 Å². The van der Waals surface area contributed by atoms with Gasteiger partial charge in [0.15, 0.2) is 5.78 Å². The van der Waals surface area contributed by atoms with E-state index >= 15 is 0 Å². The first kappa shape index (κ1) is 22.5. The van der Waals surface area contributed by atoms with Gasteiger partial charge in [-0.3, -0.25) is 23.9 Å². The van der Waals surface area contributed by atoms with Crippen LogP contribution in [-0.2, 0) is 6.54 Å². The zero-order valence-corrected chi connectivity index (χ0v) is 19.6. The third kappa shape index (κ3) is 4.20. The molecule has 0 atom stereocenters. The average Bonchev–Trinajstić information content (AvgIpc) is 3.45. The fraction of sp³-hybridized carbons (Fsp3) is 0.192. The molecule has 1 aromatic carbocycles. The standard InChI is InChI=1S/C26H21N5O3S/c27-15-19-24(29-10-12-30(13-11-29)26(34)23-7-4-14-35-23)20-16-28-9-8-21(20)31(25(19)33)17-22(32)18-5-2-1-3-6-18/h1-9,14,16H,10-13,17H2. The molecule has 0 radical (unpaired) electrons. The monoisotopic (exact) mass is 483 g/mol. The number of pyridine rings is 2. The van der Waals surface area contributed by atoms with E-state index in [9.17, 15) is 19.6 Å². The van der Waals surface area contributed by atoms with Crippen LogP contribution in [0.15, 0.2) is 71.1 Å². The van der Waals surface area contributed by atoms with Crippen molar-refractivity contribution in [2.24, 2.45) is 0 Å². The van der Waals surface area contributed by atoms with Crippen LogP contribution in [-0.4, -0.2) is 52.3 Å². The summed E-state index contributed by atoms with van der Waals surface area (Å²) in [5.74, 6) is -0.232. The van der Waals surface area contributed by atoms with E-state index in [1.807, 2.05) is 28.5 Å². The number of piperazine rings is 1. The van der Waals surface area contributed by atoms with Crippen molar-refractivity contribution < 1.29 is 9.59 Å². The number of rotatable bonds is 5. The number of nitrogens with zero attached hydrogens (tertiary/aromatic N) is 5. The lowest BCUT2D eigenvalue weighted by Crippen LogP contribution is -2.49. The number of aromatic nitrogens is 2. The lowest BCUT2D eigenvalue weighted by Gasteiger charge is -2.36. The van der Waals surface area contributed by atoms with Gasteiger partial charge in [0.1, 0.15) is 11.6 Å². The van der Waals surface area contributed by atoms with E-state index in [0.29, 0.717) is 53.2 Å². The first-order valence-electron chi connectivity index (χ1n) is 11.1. The predicted molar refractivity (Wildman–Crippen MR) is 134 cm³/mol. The highest BCUT2D eigenvalue weighted by atomic mass is 32.1. The number of carbonyl (C=O) groups is 2. The van der Waals surface area contributed by atoms with Gasteiger partial charge in [0.05, 0.1) is 22.6 Å². The number of fused-ring (bicyclic) bond motifs is 1. The Kier molecular flexibility index (Phi) is 6.12. The third-order valence-electron chi connectivity index (χ3n) is 6.16. The molecule has 5 rings (SSSR count). The molecule has 3 aromatic heterocycles. The molecule has 0 bridgehead atoms. The van der Waals surface area contributed by atoms with Crippen LogP contribution < -0.4 is 10.5 Å². The van der Waals surface area contributed by atoms with Crippen molar-refractivity contribution >= 4 is 39.6 Å². The lowest BCUT2D eigenvalue weighted by atomic mass is 10.1. The van der Waals surface area contributed by atoms with Crippen molar-refractivity contribution in [3.05, 3.63) is 92.7 Å². The van der Waals surface area contributed by atoms with E-state index < -0.39 is 5.56 Å². The SMILES string of the molecule is N#Cc1c(N2CCN(C(=O)c3cccs3)CC2)c2cnccc2n(CC(=O)c2ccccc2)c1=O. The summed E-state index contributed by atoms with van der Waals surface area (Å²) < 4.78 is 1.35. The number of benzene rings is 1. The maximum absolute atomic E-state index is 13.5. The van der Waals surface area contributed by atoms with Gasteiger partial charge in [-0.2, -0.15) is 5.26 Å². The number of nitriles is 1. The van der Waals surface area contributed by atoms with Gasteiger partial charge < -0.3 is 9.80 Å². The van der Waals surface area contributed by atoms with Gasteiger partial charge in [0.2, 0.25) is 0 Å². The summed E-state index contributed by atoms with van der Waals surface area (Å²) in [6, 6.07) is 16.2. The average molecular weight is 484 g/mol. The van der Waals surface area contributed by atoms with Crippen LogP contribution in [0, 0.1) is 11.3 Å². The Hall–Kier alpha value is -4.29. The topological polar surface area (TPSA) is 99.3 Å². The van der Waals surface area contributed by atoms with Crippen molar-refractivity contribution in [2.45, 2.75) is 6.54 Å². The van der Waals surface area contributed by atoms with Gasteiger partial charge in [0, 0.05) is 49.5 Å². The van der Waals surface area contributed by atoms with Gasteiger partial charge in [-0.15, -0.1) is 11.3 Å². The van der Waals surface area contributed by atoms with Gasteiger partial charge in [-0.05, 0) is 17.5 Å². The lowest BCUT2D eigenvalue weighted by molar-refractivity contribution is 0.0751. The van der Waals surface area contributed by atoms with Gasteiger partial charge >= 0.3 is 0 Å². The largest absolute Gasteiger partial charge is 0.366 e. The molecule has 35 heavy (non-hydrogen) atoms. The van der Waals surface area contributed by atoms with Crippen LogP contribution in [0.1, 0.15) is 25.6 Å². The Morgan fingerprint density at radius 1 is 1.03 bits per heavy atom. The van der Waals surface area contributed by atoms with Crippen LogP contribution in [0.2, 0.25) is 0 Å². The summed E-state index contributed by atoms with van der Waals surface area (Å²) in [6.07, 6.45) is 3.19. The van der Waals surface area contributed by atoms with Crippen molar-refractivity contribution in [2.75, 3.05) is 31.1 Å². The molecule has 0 unspecified atom stereocenters. The third-order valence-corrected chi connectivity index (χ3v) is 7.02. The van der Waals surface area contributed by atoms with E-state index in [2.05, 4.69) is 11.1 Å². The Balaban J connectivity index is 1.50. The quantitative estimate of drug-likeness (QED) is 0.404. The summed E-state index contributed by atoms with van der Waals surface area (Å²) in [6.45, 7) is 1.71. The number of Topliss-reactive ketones (excluding diaryl/α,β-unsaturated/α-hetero) is 1. The molecule has 1 saturated heterocycles. The number of amides is 1. The minimum atomic E-state index is -0.512. The molecule has 0 N–H and O–H groups in total. The van der Waals surface area contributed by atoms with Gasteiger partial charge in [-0.1, -0.05) is 36.4 Å². The zero-order valence-electron chi connectivity index (χ0n) is 18.8. The van der Waals surface area contributed by atoms with Crippen LogP contribution in [0.5, 0.6) is 0 Å². The highest BCUT2D eigenvalue weighted by molar-refractivity contribution is 7.12. The molecule has 9 heteroatoms. The molecule has 0 spiro atoms. The highest BCUT2D eigenvalue weighted by Crippen LogP contribution is 2.29. The predicted octanol–water partition coefficient (Wildman–Crippen LogP) is 3.17. The van der Waals surface area contributed by atoms with Gasteiger partial charge in [0.25, 0.3) is 11.5 Å². The van der Waals surface area contributed by atoms with Crippen molar-refractivity contribution in [3.63, 3.8) is 0 Å². The Morgan fingerprint density at radius 3 is 2.49 bits per heavy atom. The van der Waals surface area contributed by atoms with Crippen LogP contribution >= 0.6 is 11.3 Å². The van der Waals surface area contributed by atoms with E-state index in [1.165, 1.54) is 15.9 Å². The molecular formula is C26H21N5O3S. The number of thiophene rings is 1. The van der Waals surface area contributed by atoms with Crippen molar-refractivity contribution in [1.29, 1.82) is 5.26 Å². The molecule has 4 heterocycles. The summed E-state index contributed by atoms with van der Waals surface area (Å²) in [5, 5.41) is 12.5. The number of anilines is 1. The number of hydrogen-bond acceptors (Lipinski definition) is 7. The highest BCUT2D eigenvalue weighted by Gasteiger charge is 2.28. The molecule has 1 fully saturated rings. The Bertz CT molecular complexity index is 1500. The minimum absolute atomic E-state index is 0.0125. The first-order valence-corrected chi connectivity index (χ1v) is 12.0. The summed E-state index contributed by atoms with van der Waals surface area (Å²) >= 11 is 1.41. The van der Waals surface area contributed by atoms with E-state index in [-0.39, 0.29) is 23.8 Å². The Labute approximate surface area is 205 Å². The number of hydrogen-bond donors (Lipinski definition) is 0. The van der Waals surface area contributed by atoms with Crippen molar-refractivity contribution in [3.8, 4) is 6.07 Å². The molecule has 0 saturated carbocycles. The molecule has 4 aromatic rings. The number of carbonyl (C=O) groups excluding carboxylic acids is 2. The molecule has 0 aliphatic carbocycles. The maximum atomic E-state index is 13.5. The van der Waals surface area contributed by atoms with E-state index in [4.69, 9.17) is 0 Å². The smallest absolute Gasteiger partial charge is 0.271 e. The molecule has 1 amide bonds. The zero-order chi connectivity index (χ0) is 24.4. The molecule has 1 aliphatic rings. The van der Waals surface area contributed by atoms with E-state index in [1.54, 1.807) is 47.6 Å². The molecular weight excluding hydrogens is 462 g/mol. The number of ketones is 1. The molecule has 174 valence electrons. The molecule has 8 nitrogen and oxygen atoms in total. The first-order chi connectivity index (χ1) is 17.1. The van der Waals surface area contributed by atoms with Crippen LogP contribution in [0.25, 0.3) is 10.9 Å². The summed E-state index contributed by atoms with van der Waals surface area (Å²) in [4.78, 5) is 47.7. The Morgan fingerprint density at radius 2 is 1.80 bits per heavy atom. The van der Waals surface area contributed by atoms with Crippen LogP contribution in [0.4, 0.5) is 5.69 Å². The maximum Gasteiger partial charge on any atom is 0.271 e. The molecule has 1 aliphatic heterocycles. The summed E-state index contributed by atoms with van der Waals surface area (Å²) in [7, 11) is 0. The fourth-order valence-electron chi connectivity index (χ4n) is 4.42. The minimum Gasteiger partial charge on any atom is -0.366 e. The second kappa shape index (κ2) is 9.52. The van der Waals surface area contributed by atoms with E-state index in [0.717, 1.165) is 0 Å². The second-order valence-electron chi connectivity index (χ2n) is 8.17. The second-order valence-corrected chi connectivity index (χ2v) is 9.11. The summed E-state index contributed by atoms with van der Waals surface area (Å²) in [5.41, 5.74) is 1.01. The fourth-order valence-corrected chi connectivity index (χ4v) is 5.11. The van der Waals surface area contributed by atoms with Crippen LogP contribution in [0.3, 0.4) is 0 Å². The normalized spacial score (nSPS) is 13.6.